The van der Waals surface area contributed by atoms with Crippen LogP contribution in [-0.4, -0.2) is 35.6 Å². The molecule has 2 aromatic carbocycles. The predicted molar refractivity (Wildman–Crippen MR) is 144 cm³/mol. The van der Waals surface area contributed by atoms with Gasteiger partial charge in [0.15, 0.2) is 5.71 Å². The lowest BCUT2D eigenvalue weighted by atomic mass is 9.73. The van der Waals surface area contributed by atoms with Crippen LogP contribution in [0.25, 0.3) is 6.08 Å². The van der Waals surface area contributed by atoms with Crippen molar-refractivity contribution in [3.05, 3.63) is 81.2 Å². The minimum atomic E-state index is -4.41. The highest BCUT2D eigenvalue weighted by molar-refractivity contribution is 6.06. The van der Waals surface area contributed by atoms with Gasteiger partial charge in [0.2, 0.25) is 5.69 Å². The molecule has 38 heavy (non-hydrogen) atoms. The van der Waals surface area contributed by atoms with E-state index < -0.39 is 17.2 Å². The molecule has 0 spiro atoms. The number of fused-ring (bicyclic) bond motifs is 1. The van der Waals surface area contributed by atoms with Crippen LogP contribution in [0.5, 0.6) is 0 Å². The van der Waals surface area contributed by atoms with Crippen LogP contribution < -0.4 is 4.90 Å². The maximum Gasteiger partial charge on any atom is 0.416 e. The van der Waals surface area contributed by atoms with Crippen molar-refractivity contribution >= 4 is 23.2 Å². The third-order valence-corrected chi connectivity index (χ3v) is 8.71. The molecule has 7 heteroatoms. The fraction of sp³-hybridized carbons (Fsp3) is 0.419. The SMILES string of the molecule is Cc1noc(C)c1CC1(C)C(/C=C/c2cc3c4c(c2)CCCN4CCC3)=[N+](C)c2ccc(C(F)(F)F)cc21. The monoisotopic (exact) mass is 520 g/mol. The number of aryl methyl sites for hydroxylation is 4. The van der Waals surface area contributed by atoms with Gasteiger partial charge in [-0.2, -0.15) is 17.7 Å². The number of hydrogen-bond acceptors (Lipinski definition) is 3. The molecule has 6 rings (SSSR count). The predicted octanol–water partition coefficient (Wildman–Crippen LogP) is 6.95. The van der Waals surface area contributed by atoms with Crippen LogP contribution in [0.15, 0.2) is 40.9 Å². The van der Waals surface area contributed by atoms with Gasteiger partial charge in [0.05, 0.1) is 16.7 Å². The molecule has 0 N–H and O–H groups in total. The zero-order valence-corrected chi connectivity index (χ0v) is 22.4. The first-order valence-corrected chi connectivity index (χ1v) is 13.4. The fourth-order valence-corrected chi connectivity index (χ4v) is 6.78. The first kappa shape index (κ1) is 25.0. The van der Waals surface area contributed by atoms with E-state index in [0.29, 0.717) is 17.7 Å². The summed E-state index contributed by atoms with van der Waals surface area (Å²) in [6.07, 6.45) is 4.85. The molecule has 0 fully saturated rings. The van der Waals surface area contributed by atoms with Crippen molar-refractivity contribution in [2.45, 2.75) is 64.5 Å². The second kappa shape index (κ2) is 8.85. The van der Waals surface area contributed by atoms with E-state index in [9.17, 15) is 13.2 Å². The summed E-state index contributed by atoms with van der Waals surface area (Å²) in [6, 6.07) is 8.69. The molecule has 0 saturated carbocycles. The second-order valence-corrected chi connectivity index (χ2v) is 11.2. The van der Waals surface area contributed by atoms with Crippen LogP contribution >= 0.6 is 0 Å². The quantitative estimate of drug-likeness (QED) is 0.349. The summed E-state index contributed by atoms with van der Waals surface area (Å²) < 4.78 is 48.7. The highest BCUT2D eigenvalue weighted by Gasteiger charge is 2.49. The largest absolute Gasteiger partial charge is 0.416 e. The van der Waals surface area contributed by atoms with E-state index in [0.717, 1.165) is 54.2 Å². The highest BCUT2D eigenvalue weighted by Crippen LogP contribution is 2.45. The van der Waals surface area contributed by atoms with Gasteiger partial charge in [-0.1, -0.05) is 5.16 Å². The molecule has 0 aliphatic carbocycles. The lowest BCUT2D eigenvalue weighted by Gasteiger charge is -2.37. The Morgan fingerprint density at radius 3 is 2.34 bits per heavy atom. The van der Waals surface area contributed by atoms with Gasteiger partial charge in [0.1, 0.15) is 12.8 Å². The van der Waals surface area contributed by atoms with Crippen LogP contribution in [0.2, 0.25) is 0 Å². The van der Waals surface area contributed by atoms with Crippen LogP contribution in [-0.2, 0) is 30.9 Å². The van der Waals surface area contributed by atoms with Crippen molar-refractivity contribution in [3.63, 3.8) is 0 Å². The average Bonchev–Trinajstić information content (AvgIpc) is 3.30. The van der Waals surface area contributed by atoms with E-state index >= 15 is 0 Å². The Balaban J connectivity index is 1.45. The van der Waals surface area contributed by atoms with E-state index in [1.54, 1.807) is 6.07 Å². The van der Waals surface area contributed by atoms with Gasteiger partial charge in [0.25, 0.3) is 0 Å². The van der Waals surface area contributed by atoms with Crippen LogP contribution in [0.1, 0.15) is 64.6 Å². The van der Waals surface area contributed by atoms with Gasteiger partial charge in [-0.15, -0.1) is 0 Å². The lowest BCUT2D eigenvalue weighted by Crippen LogP contribution is -2.34. The summed E-state index contributed by atoms with van der Waals surface area (Å²) in [5.74, 6) is 0.702. The van der Waals surface area contributed by atoms with Gasteiger partial charge in [-0.3, -0.25) is 0 Å². The van der Waals surface area contributed by atoms with Crippen LogP contribution in [0.4, 0.5) is 24.5 Å². The maximum absolute atomic E-state index is 13.8. The molecule has 1 unspecified atom stereocenters. The molecule has 0 radical (unpaired) electrons. The Kier molecular flexibility index (Phi) is 5.82. The smallest absolute Gasteiger partial charge is 0.371 e. The van der Waals surface area contributed by atoms with E-state index in [2.05, 4.69) is 34.3 Å². The van der Waals surface area contributed by atoms with Gasteiger partial charge in [-0.25, -0.2) is 0 Å². The molecule has 4 nitrogen and oxygen atoms in total. The molecular formula is C31H33F3N3O+. The first-order chi connectivity index (χ1) is 18.1. The zero-order valence-electron chi connectivity index (χ0n) is 22.4. The number of benzene rings is 2. The third kappa shape index (κ3) is 3.98. The van der Waals surface area contributed by atoms with E-state index in [-0.39, 0.29) is 0 Å². The van der Waals surface area contributed by atoms with Crippen LogP contribution in [0, 0.1) is 13.8 Å². The molecular weight excluding hydrogens is 487 g/mol. The van der Waals surface area contributed by atoms with Gasteiger partial charge >= 0.3 is 6.18 Å². The van der Waals surface area contributed by atoms with Crippen molar-refractivity contribution in [2.75, 3.05) is 25.0 Å². The van der Waals surface area contributed by atoms with E-state index in [4.69, 9.17) is 4.52 Å². The van der Waals surface area contributed by atoms with E-state index in [1.165, 1.54) is 41.8 Å². The number of nitrogens with zero attached hydrogens (tertiary/aromatic N) is 3. The molecule has 4 heterocycles. The molecule has 0 amide bonds. The maximum atomic E-state index is 13.8. The van der Waals surface area contributed by atoms with Crippen molar-refractivity contribution in [3.8, 4) is 0 Å². The van der Waals surface area contributed by atoms with Crippen molar-refractivity contribution in [1.82, 2.24) is 5.16 Å². The zero-order chi connectivity index (χ0) is 26.8. The van der Waals surface area contributed by atoms with Crippen molar-refractivity contribution in [2.24, 2.45) is 0 Å². The number of allylic oxidation sites excluding steroid dienone is 1. The molecule has 1 atom stereocenters. The standard InChI is InChI=1S/C31H33F3N3O/c1-19-25(20(2)38-35-19)18-30(3)26-17-24(31(32,33)34)10-11-27(26)36(4)28(30)12-9-21-15-22-7-5-13-37-14-6-8-23(16-21)29(22)37/h9-12,15-17H,5-8,13-14,18H2,1-4H3/q+1. The molecule has 3 aromatic rings. The topological polar surface area (TPSA) is 32.3 Å². The summed E-state index contributed by atoms with van der Waals surface area (Å²) in [6.45, 7) is 8.06. The Labute approximate surface area is 221 Å². The molecule has 0 saturated heterocycles. The molecule has 1 aromatic heterocycles. The summed E-state index contributed by atoms with van der Waals surface area (Å²) in [5, 5.41) is 4.11. The minimum absolute atomic E-state index is 0.497. The van der Waals surface area contributed by atoms with Gasteiger partial charge in [0, 0.05) is 42.0 Å². The van der Waals surface area contributed by atoms with Crippen molar-refractivity contribution in [1.29, 1.82) is 0 Å². The average molecular weight is 521 g/mol. The van der Waals surface area contributed by atoms with Crippen molar-refractivity contribution < 1.29 is 22.3 Å². The molecule has 198 valence electrons. The van der Waals surface area contributed by atoms with Gasteiger partial charge < -0.3 is 9.42 Å². The Morgan fingerprint density at radius 1 is 1.05 bits per heavy atom. The number of anilines is 1. The van der Waals surface area contributed by atoms with Gasteiger partial charge in [-0.05, 0) is 99.9 Å². The summed E-state index contributed by atoms with van der Waals surface area (Å²) >= 11 is 0. The Morgan fingerprint density at radius 2 is 1.74 bits per heavy atom. The Bertz CT molecular complexity index is 1450. The lowest BCUT2D eigenvalue weighted by molar-refractivity contribution is -0.401. The van der Waals surface area contributed by atoms with E-state index in [1.807, 2.05) is 32.4 Å². The normalized spacial score (nSPS) is 20.9. The highest BCUT2D eigenvalue weighted by atomic mass is 19.4. The summed E-state index contributed by atoms with van der Waals surface area (Å²) in [7, 11) is 1.94. The summed E-state index contributed by atoms with van der Waals surface area (Å²) in [5.41, 5.74) is 8.22. The molecule has 3 aliphatic heterocycles. The Hall–Kier alpha value is -3.35. The number of rotatable bonds is 4. The minimum Gasteiger partial charge on any atom is -0.371 e. The summed E-state index contributed by atoms with van der Waals surface area (Å²) in [4.78, 5) is 2.53. The number of hydrogen-bond donors (Lipinski definition) is 0. The number of aromatic nitrogens is 1. The first-order valence-electron chi connectivity index (χ1n) is 13.4. The number of alkyl halides is 3. The number of halogens is 3. The van der Waals surface area contributed by atoms with Crippen LogP contribution in [0.3, 0.4) is 0 Å². The third-order valence-electron chi connectivity index (χ3n) is 8.71. The molecule has 0 bridgehead atoms. The second-order valence-electron chi connectivity index (χ2n) is 11.2. The molecule has 3 aliphatic rings. The fourth-order valence-electron chi connectivity index (χ4n) is 6.78.